The van der Waals surface area contributed by atoms with E-state index in [1.165, 1.54) is 44.9 Å². The average molecular weight is 235 g/mol. The minimum Gasteiger partial charge on any atom is -0.391 e. The highest BCUT2D eigenvalue weighted by Gasteiger charge is 2.51. The van der Waals surface area contributed by atoms with Crippen molar-refractivity contribution in [2.24, 2.45) is 29.6 Å². The molecule has 4 aliphatic carbocycles. The lowest BCUT2D eigenvalue weighted by molar-refractivity contribution is -0.0971. The summed E-state index contributed by atoms with van der Waals surface area (Å²) in [7, 11) is 0. The van der Waals surface area contributed by atoms with Crippen molar-refractivity contribution in [1.29, 1.82) is 0 Å². The van der Waals surface area contributed by atoms with Crippen molar-refractivity contribution in [1.82, 2.24) is 5.32 Å². The van der Waals surface area contributed by atoms with Crippen molar-refractivity contribution in [3.63, 3.8) is 0 Å². The molecule has 1 aliphatic heterocycles. The van der Waals surface area contributed by atoms with Gasteiger partial charge in [0.1, 0.15) is 0 Å². The quantitative estimate of drug-likeness (QED) is 0.769. The largest absolute Gasteiger partial charge is 0.391 e. The standard InChI is InChI=1S/C15H25NO/c17-15(13-2-1-3-16-13)14-11-5-9-4-10(7-11)8-12(14)6-9/h9-17H,1-8H2/t9?,10?,11?,12?,13-,14?,15-/m0/s1. The maximum atomic E-state index is 10.7. The van der Waals surface area contributed by atoms with E-state index >= 15 is 0 Å². The second-order valence-electron chi connectivity index (χ2n) is 7.20. The van der Waals surface area contributed by atoms with Gasteiger partial charge in [0.25, 0.3) is 0 Å². The van der Waals surface area contributed by atoms with Crippen molar-refractivity contribution in [3.05, 3.63) is 0 Å². The number of nitrogens with one attached hydrogen (secondary N) is 1. The lowest BCUT2D eigenvalue weighted by atomic mass is 9.50. The van der Waals surface area contributed by atoms with Crippen molar-refractivity contribution < 1.29 is 5.11 Å². The van der Waals surface area contributed by atoms with Crippen LogP contribution in [0.3, 0.4) is 0 Å². The molecule has 0 unspecified atom stereocenters. The van der Waals surface area contributed by atoms with Gasteiger partial charge < -0.3 is 10.4 Å². The van der Waals surface area contributed by atoms with E-state index < -0.39 is 0 Å². The van der Waals surface area contributed by atoms with Gasteiger partial charge in [-0.15, -0.1) is 0 Å². The van der Waals surface area contributed by atoms with Crippen molar-refractivity contribution in [2.75, 3.05) is 6.54 Å². The summed E-state index contributed by atoms with van der Waals surface area (Å²) in [6, 6.07) is 0.414. The van der Waals surface area contributed by atoms with Gasteiger partial charge in [-0.3, -0.25) is 0 Å². The van der Waals surface area contributed by atoms with Gasteiger partial charge in [0.2, 0.25) is 0 Å². The Morgan fingerprint density at radius 2 is 1.59 bits per heavy atom. The topological polar surface area (TPSA) is 32.3 Å². The Balaban J connectivity index is 1.53. The summed E-state index contributed by atoms with van der Waals surface area (Å²) in [6.45, 7) is 1.12. The molecule has 0 aromatic rings. The van der Waals surface area contributed by atoms with Crippen LogP contribution in [0, 0.1) is 29.6 Å². The predicted octanol–water partition coefficient (Wildman–Crippen LogP) is 2.17. The van der Waals surface area contributed by atoms with Crippen molar-refractivity contribution in [3.8, 4) is 0 Å². The molecule has 1 saturated heterocycles. The van der Waals surface area contributed by atoms with Gasteiger partial charge in [0.15, 0.2) is 0 Å². The molecule has 0 radical (unpaired) electrons. The van der Waals surface area contributed by atoms with Gasteiger partial charge in [-0.1, -0.05) is 0 Å². The molecule has 96 valence electrons. The van der Waals surface area contributed by atoms with Gasteiger partial charge >= 0.3 is 0 Å². The Bertz CT molecular complexity index is 269. The van der Waals surface area contributed by atoms with E-state index in [0.717, 1.165) is 30.2 Å². The smallest absolute Gasteiger partial charge is 0.0726 e. The molecular weight excluding hydrogens is 210 g/mol. The summed E-state index contributed by atoms with van der Waals surface area (Å²) < 4.78 is 0. The molecule has 17 heavy (non-hydrogen) atoms. The molecule has 0 spiro atoms. The number of hydrogen-bond acceptors (Lipinski definition) is 2. The Labute approximate surface area is 104 Å². The first-order valence-electron chi connectivity index (χ1n) is 7.72. The molecule has 4 bridgehead atoms. The van der Waals surface area contributed by atoms with E-state index in [2.05, 4.69) is 5.32 Å². The highest BCUT2D eigenvalue weighted by atomic mass is 16.3. The van der Waals surface area contributed by atoms with Crippen LogP contribution < -0.4 is 5.32 Å². The van der Waals surface area contributed by atoms with Crippen LogP contribution in [0.15, 0.2) is 0 Å². The van der Waals surface area contributed by atoms with E-state index in [0.29, 0.717) is 12.0 Å². The van der Waals surface area contributed by atoms with Crippen LogP contribution in [0.25, 0.3) is 0 Å². The predicted molar refractivity (Wildman–Crippen MR) is 67.6 cm³/mol. The fourth-order valence-corrected chi connectivity index (χ4v) is 5.80. The fraction of sp³-hybridized carbons (Fsp3) is 1.00. The van der Waals surface area contributed by atoms with E-state index in [1.54, 1.807) is 0 Å². The Hall–Kier alpha value is -0.0800. The maximum absolute atomic E-state index is 10.7. The Morgan fingerprint density at radius 3 is 2.12 bits per heavy atom. The molecule has 5 rings (SSSR count). The summed E-state index contributed by atoms with van der Waals surface area (Å²) in [5, 5.41) is 14.2. The highest BCUT2D eigenvalue weighted by Crippen LogP contribution is 2.57. The number of aliphatic hydroxyl groups excluding tert-OH is 1. The highest BCUT2D eigenvalue weighted by molar-refractivity contribution is 5.02. The third-order valence-electron chi connectivity index (χ3n) is 6.20. The van der Waals surface area contributed by atoms with E-state index in [9.17, 15) is 5.11 Å². The second-order valence-corrected chi connectivity index (χ2v) is 7.20. The van der Waals surface area contributed by atoms with E-state index in [-0.39, 0.29) is 6.10 Å². The minimum absolute atomic E-state index is 0.0486. The average Bonchev–Trinajstić information content (AvgIpc) is 2.80. The first-order valence-corrected chi connectivity index (χ1v) is 7.72. The molecule has 2 heteroatoms. The van der Waals surface area contributed by atoms with E-state index in [4.69, 9.17) is 0 Å². The molecule has 2 atom stereocenters. The van der Waals surface area contributed by atoms with Crippen LogP contribution in [0.2, 0.25) is 0 Å². The summed E-state index contributed by atoms with van der Waals surface area (Å²) in [5.74, 6) is 4.42. The van der Waals surface area contributed by atoms with Crippen molar-refractivity contribution >= 4 is 0 Å². The van der Waals surface area contributed by atoms with Crippen LogP contribution >= 0.6 is 0 Å². The van der Waals surface area contributed by atoms with Crippen LogP contribution in [-0.4, -0.2) is 23.8 Å². The molecule has 5 aliphatic rings. The molecule has 2 nitrogen and oxygen atoms in total. The van der Waals surface area contributed by atoms with Crippen LogP contribution in [0.1, 0.15) is 44.9 Å². The zero-order valence-corrected chi connectivity index (χ0v) is 10.6. The first kappa shape index (κ1) is 10.8. The lowest BCUT2D eigenvalue weighted by Gasteiger charge is -2.56. The van der Waals surface area contributed by atoms with Gasteiger partial charge in [-0.2, -0.15) is 0 Å². The summed E-state index contributed by atoms with van der Waals surface area (Å²) in [5.41, 5.74) is 0. The molecule has 2 N–H and O–H groups in total. The molecular formula is C15H25NO. The Morgan fingerprint density at radius 1 is 0.941 bits per heavy atom. The van der Waals surface area contributed by atoms with E-state index in [1.807, 2.05) is 0 Å². The fourth-order valence-electron chi connectivity index (χ4n) is 5.80. The summed E-state index contributed by atoms with van der Waals surface area (Å²) in [4.78, 5) is 0. The zero-order valence-electron chi connectivity index (χ0n) is 10.6. The van der Waals surface area contributed by atoms with Gasteiger partial charge in [-0.25, -0.2) is 0 Å². The van der Waals surface area contributed by atoms with Crippen LogP contribution in [-0.2, 0) is 0 Å². The van der Waals surface area contributed by atoms with Gasteiger partial charge in [0, 0.05) is 6.04 Å². The molecule has 0 aromatic heterocycles. The molecule has 1 heterocycles. The van der Waals surface area contributed by atoms with Crippen LogP contribution in [0.5, 0.6) is 0 Å². The zero-order chi connectivity index (χ0) is 11.4. The first-order chi connectivity index (χ1) is 8.31. The van der Waals surface area contributed by atoms with Gasteiger partial charge in [0.05, 0.1) is 6.10 Å². The molecule has 4 saturated carbocycles. The number of hydrogen-bond donors (Lipinski definition) is 2. The minimum atomic E-state index is -0.0486. The van der Waals surface area contributed by atoms with Crippen molar-refractivity contribution in [2.45, 2.75) is 57.1 Å². The molecule has 0 aromatic carbocycles. The number of rotatable bonds is 2. The van der Waals surface area contributed by atoms with Crippen LogP contribution in [0.4, 0.5) is 0 Å². The third-order valence-corrected chi connectivity index (χ3v) is 6.20. The SMILES string of the molecule is O[C@H](C1C2CC3CC(C2)CC1C3)[C@@H]1CCCN1. The summed E-state index contributed by atoms with van der Waals surface area (Å²) in [6.07, 6.45) is 9.65. The lowest BCUT2D eigenvalue weighted by Crippen LogP contribution is -2.53. The monoisotopic (exact) mass is 235 g/mol. The normalized spacial score (nSPS) is 54.2. The molecule has 0 amide bonds. The number of aliphatic hydroxyl groups is 1. The second kappa shape index (κ2) is 3.96. The summed E-state index contributed by atoms with van der Waals surface area (Å²) >= 11 is 0. The molecule has 5 fully saturated rings. The van der Waals surface area contributed by atoms with Gasteiger partial charge in [-0.05, 0) is 81.1 Å². The maximum Gasteiger partial charge on any atom is 0.0726 e. The Kier molecular flexibility index (Phi) is 2.52. The third kappa shape index (κ3) is 1.67.